The molecule has 5 heteroatoms. The number of rotatable bonds is 6. The second kappa shape index (κ2) is 8.41. The van der Waals surface area contributed by atoms with Gasteiger partial charge in [0, 0.05) is 24.1 Å². The van der Waals surface area contributed by atoms with Gasteiger partial charge in [-0.2, -0.15) is 0 Å². The van der Waals surface area contributed by atoms with Crippen molar-refractivity contribution in [3.8, 4) is 28.4 Å². The number of hydrogen-bond donors (Lipinski definition) is 0. The highest BCUT2D eigenvalue weighted by atomic mass is 19.1. The molecule has 140 valence electrons. The average Bonchev–Trinajstić information content (AvgIpc) is 2.65. The molecule has 0 aromatic heterocycles. The van der Waals surface area contributed by atoms with Crippen LogP contribution in [0.3, 0.4) is 0 Å². The number of benzene rings is 2. The van der Waals surface area contributed by atoms with Crippen LogP contribution < -0.4 is 14.2 Å². The lowest BCUT2D eigenvalue weighted by Gasteiger charge is -2.29. The smallest absolute Gasteiger partial charge is 0.168 e. The Balaban J connectivity index is 1.82. The standard InChI is InChI=1S/C21H26FNO3/c1-23-9-5-6-15(13-23)14-26-18-11-16(10-17(22)12-18)19-7-4-8-20(24-2)21(19)25-3/h4,7-8,10-12,15H,5-6,9,13-14H2,1-3H3. The third kappa shape index (κ3) is 4.28. The molecule has 0 saturated carbocycles. The van der Waals surface area contributed by atoms with Crippen LogP contribution in [-0.2, 0) is 0 Å². The van der Waals surface area contributed by atoms with E-state index in [1.165, 1.54) is 18.6 Å². The molecular weight excluding hydrogens is 333 g/mol. The quantitative estimate of drug-likeness (QED) is 0.772. The molecule has 1 aliphatic heterocycles. The Bertz CT molecular complexity index is 750. The maximum Gasteiger partial charge on any atom is 0.168 e. The molecule has 0 radical (unpaired) electrons. The van der Waals surface area contributed by atoms with Gasteiger partial charge in [-0.3, -0.25) is 0 Å². The summed E-state index contributed by atoms with van der Waals surface area (Å²) in [6, 6.07) is 10.3. The van der Waals surface area contributed by atoms with Crippen LogP contribution in [0.15, 0.2) is 36.4 Å². The van der Waals surface area contributed by atoms with Gasteiger partial charge in [0.05, 0.1) is 20.8 Å². The Labute approximate surface area is 154 Å². The van der Waals surface area contributed by atoms with E-state index >= 15 is 0 Å². The van der Waals surface area contributed by atoms with Gasteiger partial charge in [0.15, 0.2) is 11.5 Å². The summed E-state index contributed by atoms with van der Waals surface area (Å²) in [6.45, 7) is 2.75. The number of para-hydroxylation sites is 1. The highest BCUT2D eigenvalue weighted by Crippen LogP contribution is 2.39. The third-order valence-electron chi connectivity index (χ3n) is 4.79. The summed E-state index contributed by atoms with van der Waals surface area (Å²) in [6.07, 6.45) is 2.33. The fraction of sp³-hybridized carbons (Fsp3) is 0.429. The van der Waals surface area contributed by atoms with E-state index in [1.807, 2.05) is 24.3 Å². The van der Waals surface area contributed by atoms with E-state index in [1.54, 1.807) is 14.2 Å². The molecule has 0 amide bonds. The highest BCUT2D eigenvalue weighted by molar-refractivity contribution is 5.74. The fourth-order valence-corrected chi connectivity index (χ4v) is 3.54. The molecule has 0 aliphatic carbocycles. The molecule has 1 unspecified atom stereocenters. The van der Waals surface area contributed by atoms with Crippen molar-refractivity contribution in [2.75, 3.05) is 41.0 Å². The number of ether oxygens (including phenoxy) is 3. The van der Waals surface area contributed by atoms with Gasteiger partial charge < -0.3 is 19.1 Å². The average molecular weight is 359 g/mol. The Morgan fingerprint density at radius 1 is 1.15 bits per heavy atom. The van der Waals surface area contributed by atoms with Crippen LogP contribution >= 0.6 is 0 Å². The Hall–Kier alpha value is -2.27. The second-order valence-corrected chi connectivity index (χ2v) is 6.80. The summed E-state index contributed by atoms with van der Waals surface area (Å²) >= 11 is 0. The lowest BCUT2D eigenvalue weighted by atomic mass is 9.99. The number of halogens is 1. The highest BCUT2D eigenvalue weighted by Gasteiger charge is 2.18. The van der Waals surface area contributed by atoms with Crippen molar-refractivity contribution in [2.24, 2.45) is 5.92 Å². The molecule has 0 spiro atoms. The van der Waals surface area contributed by atoms with Gasteiger partial charge in [0.2, 0.25) is 0 Å². The maximum absolute atomic E-state index is 14.2. The number of likely N-dealkylation sites (tertiary alicyclic amines) is 1. The summed E-state index contributed by atoms with van der Waals surface area (Å²) in [5, 5.41) is 0. The molecule has 0 bridgehead atoms. The predicted molar refractivity (Wildman–Crippen MR) is 101 cm³/mol. The molecule has 2 aromatic rings. The lowest BCUT2D eigenvalue weighted by molar-refractivity contribution is 0.150. The summed E-state index contributed by atoms with van der Waals surface area (Å²) in [5.41, 5.74) is 1.48. The number of piperidine rings is 1. The van der Waals surface area contributed by atoms with E-state index in [0.29, 0.717) is 35.3 Å². The number of nitrogens with zero attached hydrogens (tertiary/aromatic N) is 1. The van der Waals surface area contributed by atoms with Gasteiger partial charge in [0.25, 0.3) is 0 Å². The number of methoxy groups -OCH3 is 2. The van der Waals surface area contributed by atoms with Gasteiger partial charge in [-0.05, 0) is 50.2 Å². The van der Waals surface area contributed by atoms with Crippen LogP contribution in [0, 0.1) is 11.7 Å². The normalized spacial score (nSPS) is 17.8. The molecule has 1 saturated heterocycles. The molecule has 4 nitrogen and oxygen atoms in total. The minimum atomic E-state index is -0.330. The van der Waals surface area contributed by atoms with Crippen LogP contribution in [0.25, 0.3) is 11.1 Å². The Morgan fingerprint density at radius 3 is 2.73 bits per heavy atom. The first-order valence-electron chi connectivity index (χ1n) is 8.94. The van der Waals surface area contributed by atoms with E-state index in [9.17, 15) is 4.39 Å². The Kier molecular flexibility index (Phi) is 5.99. The molecule has 1 heterocycles. The minimum absolute atomic E-state index is 0.330. The van der Waals surface area contributed by atoms with E-state index in [0.717, 1.165) is 25.1 Å². The monoisotopic (exact) mass is 359 g/mol. The lowest BCUT2D eigenvalue weighted by Crippen LogP contribution is -2.34. The molecule has 2 aromatic carbocycles. The van der Waals surface area contributed by atoms with E-state index < -0.39 is 0 Å². The van der Waals surface area contributed by atoms with Crippen LogP contribution in [-0.4, -0.2) is 45.9 Å². The molecule has 26 heavy (non-hydrogen) atoms. The Morgan fingerprint density at radius 2 is 2.00 bits per heavy atom. The zero-order valence-electron chi connectivity index (χ0n) is 15.6. The van der Waals surface area contributed by atoms with Crippen LogP contribution in [0.1, 0.15) is 12.8 Å². The number of hydrogen-bond acceptors (Lipinski definition) is 4. The molecule has 1 fully saturated rings. The molecule has 1 atom stereocenters. The summed E-state index contributed by atoms with van der Waals surface area (Å²) in [7, 11) is 5.29. The second-order valence-electron chi connectivity index (χ2n) is 6.80. The van der Waals surface area contributed by atoms with E-state index in [2.05, 4.69) is 11.9 Å². The van der Waals surface area contributed by atoms with Crippen molar-refractivity contribution in [1.29, 1.82) is 0 Å². The van der Waals surface area contributed by atoms with Gasteiger partial charge in [0.1, 0.15) is 11.6 Å². The topological polar surface area (TPSA) is 30.9 Å². The van der Waals surface area contributed by atoms with Crippen LogP contribution in [0.2, 0.25) is 0 Å². The third-order valence-corrected chi connectivity index (χ3v) is 4.79. The van der Waals surface area contributed by atoms with Crippen molar-refractivity contribution < 1.29 is 18.6 Å². The van der Waals surface area contributed by atoms with E-state index in [-0.39, 0.29) is 5.82 Å². The fourth-order valence-electron chi connectivity index (χ4n) is 3.54. The SMILES string of the molecule is COc1cccc(-c2cc(F)cc(OCC3CCCN(C)C3)c2)c1OC. The predicted octanol–water partition coefficient (Wildman–Crippen LogP) is 4.23. The molecule has 3 rings (SSSR count). The first kappa shape index (κ1) is 18.5. The van der Waals surface area contributed by atoms with Crippen molar-refractivity contribution in [3.63, 3.8) is 0 Å². The molecule has 1 aliphatic rings. The van der Waals surface area contributed by atoms with Crippen molar-refractivity contribution in [3.05, 3.63) is 42.2 Å². The van der Waals surface area contributed by atoms with Gasteiger partial charge in [-0.25, -0.2) is 4.39 Å². The largest absolute Gasteiger partial charge is 0.493 e. The maximum atomic E-state index is 14.2. The van der Waals surface area contributed by atoms with Crippen LogP contribution in [0.5, 0.6) is 17.2 Å². The zero-order valence-corrected chi connectivity index (χ0v) is 15.6. The van der Waals surface area contributed by atoms with Crippen LogP contribution in [0.4, 0.5) is 4.39 Å². The first-order chi connectivity index (χ1) is 12.6. The molecule has 0 N–H and O–H groups in total. The van der Waals surface area contributed by atoms with Gasteiger partial charge >= 0.3 is 0 Å². The minimum Gasteiger partial charge on any atom is -0.493 e. The van der Waals surface area contributed by atoms with Crippen molar-refractivity contribution in [1.82, 2.24) is 4.90 Å². The van der Waals surface area contributed by atoms with Gasteiger partial charge in [-0.1, -0.05) is 12.1 Å². The van der Waals surface area contributed by atoms with E-state index in [4.69, 9.17) is 14.2 Å². The van der Waals surface area contributed by atoms with Crippen molar-refractivity contribution in [2.45, 2.75) is 12.8 Å². The molecular formula is C21H26FNO3. The summed E-state index contributed by atoms with van der Waals surface area (Å²) in [4.78, 5) is 2.32. The summed E-state index contributed by atoms with van der Waals surface area (Å²) in [5.74, 6) is 1.88. The first-order valence-corrected chi connectivity index (χ1v) is 8.94. The van der Waals surface area contributed by atoms with Crippen molar-refractivity contribution >= 4 is 0 Å². The summed E-state index contributed by atoms with van der Waals surface area (Å²) < 4.78 is 30.9. The zero-order chi connectivity index (χ0) is 18.5. The van der Waals surface area contributed by atoms with Gasteiger partial charge in [-0.15, -0.1) is 0 Å².